The summed E-state index contributed by atoms with van der Waals surface area (Å²) < 4.78 is 5.10. The highest BCUT2D eigenvalue weighted by molar-refractivity contribution is 5.04. The SMILES string of the molecule is Nc1nnc(CCC2CCCCN2)o1. The summed E-state index contributed by atoms with van der Waals surface area (Å²) in [5.74, 6) is 0.648. The summed E-state index contributed by atoms with van der Waals surface area (Å²) >= 11 is 0. The van der Waals surface area contributed by atoms with E-state index in [0.717, 1.165) is 19.4 Å². The monoisotopic (exact) mass is 196 g/mol. The van der Waals surface area contributed by atoms with Gasteiger partial charge in [0.15, 0.2) is 0 Å². The summed E-state index contributed by atoms with van der Waals surface area (Å²) in [7, 11) is 0. The summed E-state index contributed by atoms with van der Waals surface area (Å²) in [6.07, 6.45) is 5.75. The van der Waals surface area contributed by atoms with Crippen molar-refractivity contribution >= 4 is 6.01 Å². The van der Waals surface area contributed by atoms with Gasteiger partial charge in [-0.15, -0.1) is 5.10 Å². The number of nitrogens with two attached hydrogens (primary N) is 1. The van der Waals surface area contributed by atoms with Crippen LogP contribution in [0.5, 0.6) is 0 Å². The fraction of sp³-hybridized carbons (Fsp3) is 0.778. The number of hydrogen-bond donors (Lipinski definition) is 2. The van der Waals surface area contributed by atoms with Crippen molar-refractivity contribution in [3.8, 4) is 0 Å². The van der Waals surface area contributed by atoms with Gasteiger partial charge >= 0.3 is 6.01 Å². The fourth-order valence-electron chi connectivity index (χ4n) is 1.84. The predicted molar refractivity (Wildman–Crippen MR) is 52.7 cm³/mol. The Bertz CT molecular complexity index is 280. The molecule has 0 radical (unpaired) electrons. The van der Waals surface area contributed by atoms with Crippen molar-refractivity contribution in [2.45, 2.75) is 38.1 Å². The van der Waals surface area contributed by atoms with Crippen LogP contribution in [0.1, 0.15) is 31.6 Å². The first-order valence-electron chi connectivity index (χ1n) is 5.16. The summed E-state index contributed by atoms with van der Waals surface area (Å²) in [6.45, 7) is 1.14. The van der Waals surface area contributed by atoms with Crippen LogP contribution in [0, 0.1) is 0 Å². The Balaban J connectivity index is 1.76. The van der Waals surface area contributed by atoms with Crippen LogP contribution in [0.2, 0.25) is 0 Å². The minimum Gasteiger partial charge on any atom is -0.408 e. The smallest absolute Gasteiger partial charge is 0.312 e. The Morgan fingerprint density at radius 3 is 3.00 bits per heavy atom. The molecule has 0 aromatic carbocycles. The lowest BCUT2D eigenvalue weighted by Crippen LogP contribution is -2.34. The van der Waals surface area contributed by atoms with Crippen LogP contribution in [0.25, 0.3) is 0 Å². The maximum atomic E-state index is 5.33. The third-order valence-corrected chi connectivity index (χ3v) is 2.60. The molecule has 1 aromatic rings. The predicted octanol–water partition coefficient (Wildman–Crippen LogP) is 0.726. The normalized spacial score (nSPS) is 22.4. The number of nitrogens with zero attached hydrogens (tertiary/aromatic N) is 2. The molecule has 5 nitrogen and oxygen atoms in total. The van der Waals surface area contributed by atoms with E-state index in [0.29, 0.717) is 11.9 Å². The van der Waals surface area contributed by atoms with Gasteiger partial charge in [-0.25, -0.2) is 0 Å². The molecule has 1 aliphatic heterocycles. The zero-order chi connectivity index (χ0) is 9.80. The highest BCUT2D eigenvalue weighted by Crippen LogP contribution is 2.13. The Labute approximate surface area is 83.1 Å². The van der Waals surface area contributed by atoms with Crippen molar-refractivity contribution < 1.29 is 4.42 Å². The average Bonchev–Trinajstić information content (AvgIpc) is 2.63. The number of hydrogen-bond acceptors (Lipinski definition) is 5. The van der Waals surface area contributed by atoms with E-state index in [1.165, 1.54) is 19.3 Å². The van der Waals surface area contributed by atoms with Gasteiger partial charge in [-0.05, 0) is 25.8 Å². The van der Waals surface area contributed by atoms with E-state index in [9.17, 15) is 0 Å². The molecule has 1 aliphatic rings. The summed E-state index contributed by atoms with van der Waals surface area (Å²) in [5, 5.41) is 10.9. The van der Waals surface area contributed by atoms with Gasteiger partial charge in [0.25, 0.3) is 0 Å². The van der Waals surface area contributed by atoms with Crippen molar-refractivity contribution in [2.75, 3.05) is 12.3 Å². The number of nitrogen functional groups attached to an aromatic ring is 1. The third-order valence-electron chi connectivity index (χ3n) is 2.60. The van der Waals surface area contributed by atoms with E-state index in [2.05, 4.69) is 15.5 Å². The van der Waals surface area contributed by atoms with Crippen molar-refractivity contribution in [3.63, 3.8) is 0 Å². The molecule has 3 N–H and O–H groups in total. The van der Waals surface area contributed by atoms with Gasteiger partial charge in [0, 0.05) is 12.5 Å². The van der Waals surface area contributed by atoms with Crippen LogP contribution in [0.15, 0.2) is 4.42 Å². The largest absolute Gasteiger partial charge is 0.408 e. The first kappa shape index (κ1) is 9.45. The van der Waals surface area contributed by atoms with Gasteiger partial charge in [-0.3, -0.25) is 0 Å². The second-order valence-corrected chi connectivity index (χ2v) is 3.72. The molecule has 1 aromatic heterocycles. The standard InChI is InChI=1S/C9H16N4O/c10-9-13-12-8(14-9)5-4-7-3-1-2-6-11-7/h7,11H,1-6H2,(H2,10,13). The molecule has 0 spiro atoms. The zero-order valence-corrected chi connectivity index (χ0v) is 8.20. The first-order valence-corrected chi connectivity index (χ1v) is 5.16. The number of aryl methyl sites for hydroxylation is 1. The first-order chi connectivity index (χ1) is 6.84. The van der Waals surface area contributed by atoms with Gasteiger partial charge < -0.3 is 15.5 Å². The Morgan fingerprint density at radius 1 is 1.43 bits per heavy atom. The molecule has 5 heteroatoms. The van der Waals surface area contributed by atoms with Gasteiger partial charge in [0.1, 0.15) is 0 Å². The maximum absolute atomic E-state index is 5.33. The molecule has 1 fully saturated rings. The minimum absolute atomic E-state index is 0.164. The fourth-order valence-corrected chi connectivity index (χ4v) is 1.84. The molecular formula is C9H16N4O. The van der Waals surface area contributed by atoms with Gasteiger partial charge in [0.05, 0.1) is 0 Å². The Morgan fingerprint density at radius 2 is 2.36 bits per heavy atom. The average molecular weight is 196 g/mol. The van der Waals surface area contributed by atoms with Crippen LogP contribution in [0.4, 0.5) is 6.01 Å². The second kappa shape index (κ2) is 4.41. The maximum Gasteiger partial charge on any atom is 0.312 e. The van der Waals surface area contributed by atoms with Crippen molar-refractivity contribution in [1.82, 2.24) is 15.5 Å². The molecule has 1 saturated heterocycles. The van der Waals surface area contributed by atoms with E-state index < -0.39 is 0 Å². The molecule has 1 unspecified atom stereocenters. The highest BCUT2D eigenvalue weighted by Gasteiger charge is 2.13. The summed E-state index contributed by atoms with van der Waals surface area (Å²) in [4.78, 5) is 0. The topological polar surface area (TPSA) is 77.0 Å². The van der Waals surface area contributed by atoms with Crippen molar-refractivity contribution in [3.05, 3.63) is 5.89 Å². The summed E-state index contributed by atoms with van der Waals surface area (Å²) in [5.41, 5.74) is 5.33. The molecular weight excluding hydrogens is 180 g/mol. The molecule has 0 aliphatic carbocycles. The molecule has 0 saturated carbocycles. The van der Waals surface area contributed by atoms with Crippen LogP contribution < -0.4 is 11.1 Å². The molecule has 2 rings (SSSR count). The second-order valence-electron chi connectivity index (χ2n) is 3.72. The van der Waals surface area contributed by atoms with Gasteiger partial charge in [0.2, 0.25) is 5.89 Å². The van der Waals surface area contributed by atoms with E-state index in [1.54, 1.807) is 0 Å². The number of nitrogens with one attached hydrogen (secondary N) is 1. The molecule has 2 heterocycles. The van der Waals surface area contributed by atoms with Crippen LogP contribution >= 0.6 is 0 Å². The van der Waals surface area contributed by atoms with Crippen LogP contribution in [0.3, 0.4) is 0 Å². The Hall–Kier alpha value is -1.10. The number of piperidine rings is 1. The van der Waals surface area contributed by atoms with Gasteiger partial charge in [-0.1, -0.05) is 11.5 Å². The molecule has 14 heavy (non-hydrogen) atoms. The number of rotatable bonds is 3. The van der Waals surface area contributed by atoms with E-state index in [-0.39, 0.29) is 6.01 Å². The van der Waals surface area contributed by atoms with Crippen molar-refractivity contribution in [2.24, 2.45) is 0 Å². The Kier molecular flexibility index (Phi) is 2.98. The van der Waals surface area contributed by atoms with E-state index >= 15 is 0 Å². The lowest BCUT2D eigenvalue weighted by atomic mass is 10.0. The minimum atomic E-state index is 0.164. The number of anilines is 1. The molecule has 1 atom stereocenters. The summed E-state index contributed by atoms with van der Waals surface area (Å²) in [6, 6.07) is 0.772. The van der Waals surface area contributed by atoms with Crippen LogP contribution in [-0.2, 0) is 6.42 Å². The molecule has 78 valence electrons. The van der Waals surface area contributed by atoms with Crippen LogP contribution in [-0.4, -0.2) is 22.8 Å². The lowest BCUT2D eigenvalue weighted by Gasteiger charge is -2.22. The quantitative estimate of drug-likeness (QED) is 0.745. The van der Waals surface area contributed by atoms with Crippen molar-refractivity contribution in [1.29, 1.82) is 0 Å². The van der Waals surface area contributed by atoms with E-state index in [1.807, 2.05) is 0 Å². The zero-order valence-electron chi connectivity index (χ0n) is 8.20. The van der Waals surface area contributed by atoms with E-state index in [4.69, 9.17) is 10.2 Å². The highest BCUT2D eigenvalue weighted by atomic mass is 16.4. The molecule has 0 amide bonds. The third kappa shape index (κ3) is 2.45. The number of aromatic nitrogens is 2. The molecule has 0 bridgehead atoms. The lowest BCUT2D eigenvalue weighted by molar-refractivity contribution is 0.370. The van der Waals surface area contributed by atoms with Gasteiger partial charge in [-0.2, -0.15) is 0 Å².